The molecule has 0 aromatic heterocycles. The lowest BCUT2D eigenvalue weighted by Crippen LogP contribution is -3.27. The summed E-state index contributed by atoms with van der Waals surface area (Å²) in [7, 11) is 2.21. The maximum Gasteiger partial charge on any atom is 0.416 e. The highest BCUT2D eigenvalue weighted by atomic mass is 19.4. The van der Waals surface area contributed by atoms with Gasteiger partial charge in [0.15, 0.2) is 0 Å². The molecule has 0 amide bonds. The molecule has 0 atom stereocenters. The minimum absolute atomic E-state index is 0.219. The van der Waals surface area contributed by atoms with E-state index in [1.54, 1.807) is 9.80 Å². The zero-order valence-corrected chi connectivity index (χ0v) is 13.4. The van der Waals surface area contributed by atoms with E-state index in [1.165, 1.54) is 25.2 Å². The highest BCUT2D eigenvalue weighted by molar-refractivity contribution is 5.30. The number of hydrogen-bond donors (Lipinski definition) is 2. The van der Waals surface area contributed by atoms with Gasteiger partial charge in [0.1, 0.15) is 45.1 Å². The Bertz CT molecular complexity index is 475. The number of quaternary nitrogens is 2. The Morgan fingerprint density at radius 2 is 1.78 bits per heavy atom. The Kier molecular flexibility index (Phi) is 6.68. The molecule has 0 radical (unpaired) electrons. The molecule has 0 spiro atoms. The molecule has 1 aliphatic rings. The Balaban J connectivity index is 1.59. The largest absolute Gasteiger partial charge is 0.491 e. The van der Waals surface area contributed by atoms with Crippen LogP contribution in [0.4, 0.5) is 13.2 Å². The van der Waals surface area contributed by atoms with Gasteiger partial charge in [-0.2, -0.15) is 13.2 Å². The number of likely N-dealkylation sites (N-methyl/N-ethyl adjacent to an activating group) is 1. The third-order valence-electron chi connectivity index (χ3n) is 4.07. The highest BCUT2D eigenvalue weighted by Gasteiger charge is 2.30. The molecule has 1 aliphatic heterocycles. The van der Waals surface area contributed by atoms with Crippen molar-refractivity contribution in [1.29, 1.82) is 0 Å². The summed E-state index contributed by atoms with van der Waals surface area (Å²) in [4.78, 5) is 3.12. The molecule has 1 aromatic rings. The highest BCUT2D eigenvalue weighted by Crippen LogP contribution is 2.31. The number of alkyl halides is 3. The third kappa shape index (κ3) is 6.37. The van der Waals surface area contributed by atoms with Crippen molar-refractivity contribution >= 4 is 0 Å². The molecule has 4 nitrogen and oxygen atoms in total. The van der Waals surface area contributed by atoms with E-state index in [-0.39, 0.29) is 12.4 Å². The van der Waals surface area contributed by atoms with Crippen LogP contribution in [0.3, 0.4) is 0 Å². The second-order valence-corrected chi connectivity index (χ2v) is 5.94. The number of rotatable bonds is 7. The van der Waals surface area contributed by atoms with Crippen molar-refractivity contribution in [3.05, 3.63) is 29.8 Å². The van der Waals surface area contributed by atoms with Crippen molar-refractivity contribution in [3.63, 3.8) is 0 Å². The van der Waals surface area contributed by atoms with E-state index in [0.717, 1.165) is 31.8 Å². The molecule has 23 heavy (non-hydrogen) atoms. The monoisotopic (exact) mass is 334 g/mol. The maximum absolute atomic E-state index is 12.6. The van der Waals surface area contributed by atoms with Crippen molar-refractivity contribution in [1.82, 2.24) is 0 Å². The molecule has 130 valence electrons. The molecule has 7 heteroatoms. The fraction of sp³-hybridized carbons (Fsp3) is 0.625. The summed E-state index contributed by atoms with van der Waals surface area (Å²) in [5.41, 5.74) is -0.697. The number of halogens is 3. The van der Waals surface area contributed by atoms with Crippen LogP contribution in [0, 0.1) is 0 Å². The number of nitrogens with one attached hydrogen (secondary N) is 2. The molecular weight excluding hydrogens is 309 g/mol. The maximum atomic E-state index is 12.6. The summed E-state index contributed by atoms with van der Waals surface area (Å²) >= 11 is 0. The zero-order chi connectivity index (χ0) is 16.7. The molecule has 1 aromatic carbocycles. The van der Waals surface area contributed by atoms with E-state index in [9.17, 15) is 13.2 Å². The molecular formula is C16H25F3N2O2+2. The van der Waals surface area contributed by atoms with Crippen LogP contribution >= 0.6 is 0 Å². The van der Waals surface area contributed by atoms with Crippen LogP contribution in [0.15, 0.2) is 24.3 Å². The number of hydrogen-bond acceptors (Lipinski definition) is 2. The first-order valence-corrected chi connectivity index (χ1v) is 7.98. The van der Waals surface area contributed by atoms with Crippen LogP contribution in [-0.2, 0) is 10.9 Å². The van der Waals surface area contributed by atoms with Crippen LogP contribution in [0.25, 0.3) is 0 Å². The van der Waals surface area contributed by atoms with Gasteiger partial charge < -0.3 is 19.3 Å². The summed E-state index contributed by atoms with van der Waals surface area (Å²) in [5, 5.41) is 0. The van der Waals surface area contributed by atoms with Crippen molar-refractivity contribution in [2.24, 2.45) is 0 Å². The van der Waals surface area contributed by atoms with Crippen molar-refractivity contribution in [2.45, 2.75) is 6.18 Å². The summed E-state index contributed by atoms with van der Waals surface area (Å²) in [6.07, 6.45) is -4.34. The Labute approximate surface area is 134 Å². The number of benzene rings is 1. The molecule has 1 heterocycles. The minimum Gasteiger partial charge on any atom is -0.491 e. The topological polar surface area (TPSA) is 27.3 Å². The molecule has 0 saturated carbocycles. The average molecular weight is 334 g/mol. The third-order valence-corrected chi connectivity index (χ3v) is 4.07. The molecule has 1 fully saturated rings. The normalized spacial score (nSPS) is 22.1. The molecule has 0 aliphatic carbocycles. The van der Waals surface area contributed by atoms with Gasteiger partial charge in [-0.25, -0.2) is 0 Å². The SMILES string of the molecule is C[NH+]1CC[NH+](CCOCCOc2cccc(C(F)(F)F)c2)CC1. The van der Waals surface area contributed by atoms with Gasteiger partial charge in [0.2, 0.25) is 0 Å². The summed E-state index contributed by atoms with van der Waals surface area (Å²) in [5.74, 6) is 0.219. The second kappa shape index (κ2) is 8.52. The van der Waals surface area contributed by atoms with Crippen LogP contribution < -0.4 is 14.5 Å². The summed E-state index contributed by atoms with van der Waals surface area (Å²) in [6.45, 7) is 6.96. The van der Waals surface area contributed by atoms with Crippen molar-refractivity contribution < 1.29 is 32.4 Å². The fourth-order valence-electron chi connectivity index (χ4n) is 2.58. The Morgan fingerprint density at radius 1 is 1.04 bits per heavy atom. The quantitative estimate of drug-likeness (QED) is 0.659. The van der Waals surface area contributed by atoms with Crippen LogP contribution in [0.1, 0.15) is 5.56 Å². The lowest BCUT2D eigenvalue weighted by Gasteiger charge is -2.27. The van der Waals surface area contributed by atoms with Crippen molar-refractivity contribution in [3.8, 4) is 5.75 Å². The van der Waals surface area contributed by atoms with E-state index >= 15 is 0 Å². The first-order chi connectivity index (χ1) is 10.9. The van der Waals surface area contributed by atoms with Gasteiger partial charge in [0, 0.05) is 0 Å². The number of piperazine rings is 1. The summed E-state index contributed by atoms with van der Waals surface area (Å²) in [6, 6.07) is 4.91. The van der Waals surface area contributed by atoms with Gasteiger partial charge in [-0.15, -0.1) is 0 Å². The van der Waals surface area contributed by atoms with Gasteiger partial charge >= 0.3 is 6.18 Å². The first kappa shape index (κ1) is 18.0. The molecule has 2 N–H and O–H groups in total. The lowest BCUT2D eigenvalue weighted by molar-refractivity contribution is -1.00. The molecule has 0 bridgehead atoms. The van der Waals surface area contributed by atoms with E-state index in [1.807, 2.05) is 0 Å². The van der Waals surface area contributed by atoms with Gasteiger partial charge in [-0.05, 0) is 18.2 Å². The standard InChI is InChI=1S/C16H23F3N2O2/c1-20-5-7-21(8-6-20)9-10-22-11-12-23-15-4-2-3-14(13-15)16(17,18)19/h2-4,13H,5-12H2,1H3/p+2. The Morgan fingerprint density at radius 3 is 2.48 bits per heavy atom. The van der Waals surface area contributed by atoms with E-state index < -0.39 is 11.7 Å². The van der Waals surface area contributed by atoms with Crippen molar-refractivity contribution in [2.75, 3.05) is 59.6 Å². The predicted molar refractivity (Wildman–Crippen MR) is 79.9 cm³/mol. The fourth-order valence-corrected chi connectivity index (χ4v) is 2.58. The van der Waals surface area contributed by atoms with Crippen LogP contribution in [0.2, 0.25) is 0 Å². The second-order valence-electron chi connectivity index (χ2n) is 5.94. The van der Waals surface area contributed by atoms with Gasteiger partial charge in [0.05, 0.1) is 25.8 Å². The van der Waals surface area contributed by atoms with Gasteiger partial charge in [0.25, 0.3) is 0 Å². The number of ether oxygens (including phenoxy) is 2. The summed E-state index contributed by atoms with van der Waals surface area (Å²) < 4.78 is 48.5. The van der Waals surface area contributed by atoms with Crippen LogP contribution in [0.5, 0.6) is 5.75 Å². The molecule has 2 rings (SSSR count). The van der Waals surface area contributed by atoms with E-state index in [4.69, 9.17) is 9.47 Å². The minimum atomic E-state index is -4.34. The van der Waals surface area contributed by atoms with E-state index in [2.05, 4.69) is 7.05 Å². The zero-order valence-electron chi connectivity index (χ0n) is 13.4. The van der Waals surface area contributed by atoms with E-state index in [0.29, 0.717) is 13.2 Å². The van der Waals surface area contributed by atoms with Gasteiger partial charge in [-0.3, -0.25) is 0 Å². The van der Waals surface area contributed by atoms with Gasteiger partial charge in [-0.1, -0.05) is 6.07 Å². The van der Waals surface area contributed by atoms with Crippen LogP contribution in [-0.4, -0.2) is 59.6 Å². The smallest absolute Gasteiger partial charge is 0.416 e. The average Bonchev–Trinajstić information content (AvgIpc) is 2.52. The Hall–Kier alpha value is -1.31. The first-order valence-electron chi connectivity index (χ1n) is 7.98. The molecule has 0 unspecified atom stereocenters. The molecule has 1 saturated heterocycles. The predicted octanol–water partition coefficient (Wildman–Crippen LogP) is -0.486. The lowest BCUT2D eigenvalue weighted by atomic mass is 10.2.